The fourth-order valence-corrected chi connectivity index (χ4v) is 2.85. The number of carbonyl (C=O) groups excluding carboxylic acids is 1. The summed E-state index contributed by atoms with van der Waals surface area (Å²) in [6.07, 6.45) is 2.39. The standard InChI is InChI=1S/C18H24ClN3O2/c1-18(2,3)24-17(23)22-9-4-5-14(8-10-22)21-16-11-13(12-20)6-7-15(16)19/h6-7,11,14,21H,4-5,8-10H2,1-3H3. The number of hydrogen-bond acceptors (Lipinski definition) is 4. The van der Waals surface area contributed by atoms with Gasteiger partial charge in [0, 0.05) is 19.1 Å². The summed E-state index contributed by atoms with van der Waals surface area (Å²) in [5.41, 5.74) is 0.865. The molecule has 0 spiro atoms. The van der Waals surface area contributed by atoms with E-state index in [0.717, 1.165) is 24.9 Å². The number of amides is 1. The first kappa shape index (κ1) is 18.4. The molecule has 0 aliphatic carbocycles. The number of hydrogen-bond donors (Lipinski definition) is 1. The summed E-state index contributed by atoms with van der Waals surface area (Å²) < 4.78 is 5.45. The molecular formula is C18H24ClN3O2. The first-order chi connectivity index (χ1) is 11.3. The molecule has 1 amide bonds. The average Bonchev–Trinajstić information content (AvgIpc) is 2.73. The Morgan fingerprint density at radius 1 is 1.38 bits per heavy atom. The Kier molecular flexibility index (Phi) is 5.95. The minimum atomic E-state index is -0.480. The van der Waals surface area contributed by atoms with E-state index in [9.17, 15) is 4.79 Å². The third kappa shape index (κ3) is 5.31. The van der Waals surface area contributed by atoms with Crippen molar-refractivity contribution >= 4 is 23.4 Å². The number of nitriles is 1. The van der Waals surface area contributed by atoms with Gasteiger partial charge in [-0.3, -0.25) is 0 Å². The molecule has 1 heterocycles. The van der Waals surface area contributed by atoms with Crippen molar-refractivity contribution in [2.75, 3.05) is 18.4 Å². The van der Waals surface area contributed by atoms with Crippen molar-refractivity contribution in [3.05, 3.63) is 28.8 Å². The Morgan fingerprint density at radius 3 is 2.79 bits per heavy atom. The summed E-state index contributed by atoms with van der Waals surface area (Å²) in [6.45, 7) is 6.95. The molecule has 0 radical (unpaired) electrons. The van der Waals surface area contributed by atoms with E-state index in [-0.39, 0.29) is 12.1 Å². The summed E-state index contributed by atoms with van der Waals surface area (Å²) in [7, 11) is 0. The number of anilines is 1. The van der Waals surface area contributed by atoms with Gasteiger partial charge in [-0.2, -0.15) is 5.26 Å². The van der Waals surface area contributed by atoms with E-state index in [4.69, 9.17) is 21.6 Å². The Labute approximate surface area is 148 Å². The number of nitrogens with zero attached hydrogens (tertiary/aromatic N) is 2. The predicted molar refractivity (Wildman–Crippen MR) is 95.2 cm³/mol. The van der Waals surface area contributed by atoms with Gasteiger partial charge in [-0.15, -0.1) is 0 Å². The van der Waals surface area contributed by atoms with E-state index in [1.165, 1.54) is 0 Å². The van der Waals surface area contributed by atoms with Crippen LogP contribution in [0, 0.1) is 11.3 Å². The minimum Gasteiger partial charge on any atom is -0.444 e. The Morgan fingerprint density at radius 2 is 2.12 bits per heavy atom. The lowest BCUT2D eigenvalue weighted by molar-refractivity contribution is 0.0256. The van der Waals surface area contributed by atoms with Crippen molar-refractivity contribution in [1.82, 2.24) is 4.90 Å². The van der Waals surface area contributed by atoms with Crippen LogP contribution in [0.3, 0.4) is 0 Å². The van der Waals surface area contributed by atoms with Crippen LogP contribution in [-0.2, 0) is 4.74 Å². The molecule has 1 saturated heterocycles. The van der Waals surface area contributed by atoms with E-state index in [0.29, 0.717) is 23.7 Å². The minimum absolute atomic E-state index is 0.212. The van der Waals surface area contributed by atoms with Crippen LogP contribution in [0.2, 0.25) is 5.02 Å². The van der Waals surface area contributed by atoms with Gasteiger partial charge in [-0.05, 0) is 58.2 Å². The highest BCUT2D eigenvalue weighted by atomic mass is 35.5. The molecular weight excluding hydrogens is 326 g/mol. The van der Waals surface area contributed by atoms with Crippen LogP contribution in [0.5, 0.6) is 0 Å². The normalized spacial score (nSPS) is 18.5. The van der Waals surface area contributed by atoms with E-state index in [2.05, 4.69) is 11.4 Å². The number of rotatable bonds is 2. The quantitative estimate of drug-likeness (QED) is 0.858. The maximum atomic E-state index is 12.2. The Bertz CT molecular complexity index is 634. The summed E-state index contributed by atoms with van der Waals surface area (Å²) >= 11 is 6.21. The fourth-order valence-electron chi connectivity index (χ4n) is 2.68. The zero-order valence-electron chi connectivity index (χ0n) is 14.4. The zero-order chi connectivity index (χ0) is 17.7. The Balaban J connectivity index is 1.96. The van der Waals surface area contributed by atoms with Crippen LogP contribution < -0.4 is 5.32 Å². The largest absolute Gasteiger partial charge is 0.444 e. The lowest BCUT2D eigenvalue weighted by atomic mass is 10.1. The molecule has 0 saturated carbocycles. The van der Waals surface area contributed by atoms with E-state index in [1.807, 2.05) is 20.8 Å². The van der Waals surface area contributed by atoms with E-state index >= 15 is 0 Å². The molecule has 5 nitrogen and oxygen atoms in total. The van der Waals surface area contributed by atoms with Gasteiger partial charge in [0.2, 0.25) is 0 Å². The second-order valence-corrected chi connectivity index (χ2v) is 7.45. The van der Waals surface area contributed by atoms with Crippen LogP contribution in [0.4, 0.5) is 10.5 Å². The first-order valence-corrected chi connectivity index (χ1v) is 8.60. The molecule has 2 rings (SSSR count). The molecule has 24 heavy (non-hydrogen) atoms. The maximum Gasteiger partial charge on any atom is 0.410 e. The van der Waals surface area contributed by atoms with Crippen molar-refractivity contribution in [3.63, 3.8) is 0 Å². The SMILES string of the molecule is CC(C)(C)OC(=O)N1CCCC(Nc2cc(C#N)ccc2Cl)CC1. The summed E-state index contributed by atoms with van der Waals surface area (Å²) in [5.74, 6) is 0. The molecule has 1 atom stereocenters. The number of ether oxygens (including phenoxy) is 1. The van der Waals surface area contributed by atoms with Crippen LogP contribution >= 0.6 is 11.6 Å². The molecule has 0 bridgehead atoms. The van der Waals surface area contributed by atoms with Crippen molar-refractivity contribution in [1.29, 1.82) is 5.26 Å². The monoisotopic (exact) mass is 349 g/mol. The van der Waals surface area contributed by atoms with Crippen LogP contribution in [-0.4, -0.2) is 35.7 Å². The summed E-state index contributed by atoms with van der Waals surface area (Å²) in [6, 6.07) is 7.52. The highest BCUT2D eigenvalue weighted by Crippen LogP contribution is 2.26. The molecule has 0 aromatic heterocycles. The maximum absolute atomic E-state index is 12.2. The fraction of sp³-hybridized carbons (Fsp3) is 0.556. The molecule has 1 aliphatic heterocycles. The van der Waals surface area contributed by atoms with Gasteiger partial charge >= 0.3 is 6.09 Å². The van der Waals surface area contributed by atoms with Crippen molar-refractivity contribution in [3.8, 4) is 6.07 Å². The van der Waals surface area contributed by atoms with Crippen LogP contribution in [0.25, 0.3) is 0 Å². The van der Waals surface area contributed by atoms with E-state index < -0.39 is 5.60 Å². The second-order valence-electron chi connectivity index (χ2n) is 7.05. The molecule has 6 heteroatoms. The molecule has 1 aromatic carbocycles. The van der Waals surface area contributed by atoms with Gasteiger partial charge in [0.1, 0.15) is 5.60 Å². The summed E-state index contributed by atoms with van der Waals surface area (Å²) in [4.78, 5) is 14.0. The molecule has 1 N–H and O–H groups in total. The number of benzene rings is 1. The molecule has 1 fully saturated rings. The van der Waals surface area contributed by atoms with Crippen molar-refractivity contribution in [2.24, 2.45) is 0 Å². The highest BCUT2D eigenvalue weighted by molar-refractivity contribution is 6.33. The van der Waals surface area contributed by atoms with Gasteiger partial charge < -0.3 is 15.0 Å². The molecule has 1 unspecified atom stereocenters. The van der Waals surface area contributed by atoms with E-state index in [1.54, 1.807) is 23.1 Å². The van der Waals surface area contributed by atoms with Crippen molar-refractivity contribution in [2.45, 2.75) is 51.7 Å². The summed E-state index contributed by atoms with van der Waals surface area (Å²) in [5, 5.41) is 13.0. The number of likely N-dealkylation sites (tertiary alicyclic amines) is 1. The lowest BCUT2D eigenvalue weighted by Crippen LogP contribution is -2.37. The average molecular weight is 350 g/mol. The van der Waals surface area contributed by atoms with Gasteiger partial charge in [-0.25, -0.2) is 4.79 Å². The molecule has 130 valence electrons. The number of halogens is 1. The van der Waals surface area contributed by atoms with Crippen molar-refractivity contribution < 1.29 is 9.53 Å². The first-order valence-electron chi connectivity index (χ1n) is 8.22. The van der Waals surface area contributed by atoms with Crippen LogP contribution in [0.1, 0.15) is 45.6 Å². The molecule has 1 aromatic rings. The third-order valence-corrected chi connectivity index (χ3v) is 4.16. The zero-order valence-corrected chi connectivity index (χ0v) is 15.2. The van der Waals surface area contributed by atoms with Gasteiger partial charge in [0.15, 0.2) is 0 Å². The number of carbonyl (C=O) groups is 1. The van der Waals surface area contributed by atoms with Crippen LogP contribution in [0.15, 0.2) is 18.2 Å². The Hall–Kier alpha value is -1.93. The molecule has 1 aliphatic rings. The lowest BCUT2D eigenvalue weighted by Gasteiger charge is -2.26. The third-order valence-electron chi connectivity index (χ3n) is 3.83. The highest BCUT2D eigenvalue weighted by Gasteiger charge is 2.25. The number of nitrogens with one attached hydrogen (secondary N) is 1. The van der Waals surface area contributed by atoms with Gasteiger partial charge in [-0.1, -0.05) is 11.6 Å². The predicted octanol–water partition coefficient (Wildman–Crippen LogP) is 4.41. The van der Waals surface area contributed by atoms with Gasteiger partial charge in [0.25, 0.3) is 0 Å². The topological polar surface area (TPSA) is 65.4 Å². The van der Waals surface area contributed by atoms with Gasteiger partial charge in [0.05, 0.1) is 22.3 Å². The smallest absolute Gasteiger partial charge is 0.410 e. The second kappa shape index (κ2) is 7.76.